The van der Waals surface area contributed by atoms with E-state index in [1.807, 2.05) is 48.7 Å². The highest BCUT2D eigenvalue weighted by atomic mass is 16.2. The van der Waals surface area contributed by atoms with Crippen LogP contribution in [0.2, 0.25) is 0 Å². The molecule has 0 aliphatic carbocycles. The van der Waals surface area contributed by atoms with Crippen molar-refractivity contribution in [3.63, 3.8) is 0 Å². The molecule has 3 heterocycles. The molecular formula is C17H18N4O. The summed E-state index contributed by atoms with van der Waals surface area (Å²) in [6, 6.07) is 7.80. The van der Waals surface area contributed by atoms with Crippen molar-refractivity contribution in [2.24, 2.45) is 0 Å². The quantitative estimate of drug-likeness (QED) is 0.743. The molecule has 5 heteroatoms. The minimum absolute atomic E-state index is 0.0549. The molecule has 0 fully saturated rings. The molecule has 0 bridgehead atoms. The van der Waals surface area contributed by atoms with Crippen molar-refractivity contribution >= 4 is 11.6 Å². The van der Waals surface area contributed by atoms with Gasteiger partial charge >= 0.3 is 0 Å². The van der Waals surface area contributed by atoms with Crippen LogP contribution in [0.4, 0.5) is 0 Å². The van der Waals surface area contributed by atoms with Gasteiger partial charge in [-0.3, -0.25) is 9.78 Å². The van der Waals surface area contributed by atoms with Crippen LogP contribution in [0.3, 0.4) is 0 Å². The van der Waals surface area contributed by atoms with Gasteiger partial charge in [-0.05, 0) is 49.2 Å². The highest BCUT2D eigenvalue weighted by molar-refractivity contribution is 5.92. The molecule has 0 spiro atoms. The van der Waals surface area contributed by atoms with Crippen LogP contribution in [0.15, 0.2) is 49.1 Å². The second kappa shape index (κ2) is 5.97. The maximum absolute atomic E-state index is 12.7. The average molecular weight is 294 g/mol. The fourth-order valence-electron chi connectivity index (χ4n) is 2.38. The van der Waals surface area contributed by atoms with Crippen molar-refractivity contribution in [3.8, 4) is 0 Å². The Morgan fingerprint density at radius 1 is 1.27 bits per heavy atom. The van der Waals surface area contributed by atoms with Crippen molar-refractivity contribution in [3.05, 3.63) is 65.9 Å². The van der Waals surface area contributed by atoms with E-state index in [0.29, 0.717) is 18.8 Å². The average Bonchev–Trinajstić information content (AvgIpc) is 2.96. The molecule has 0 aromatic carbocycles. The van der Waals surface area contributed by atoms with Crippen molar-refractivity contribution < 1.29 is 4.79 Å². The third-order valence-corrected chi connectivity index (χ3v) is 3.63. The number of aryl methyl sites for hydroxylation is 1. The minimum Gasteiger partial charge on any atom is -0.333 e. The number of rotatable bonds is 4. The number of carbonyl (C=O) groups excluding carboxylic acids is 1. The Hall–Kier alpha value is -2.69. The molecule has 0 aliphatic heterocycles. The molecule has 1 amide bonds. The lowest BCUT2D eigenvalue weighted by atomic mass is 10.2. The second-order valence-electron chi connectivity index (χ2n) is 5.27. The van der Waals surface area contributed by atoms with Gasteiger partial charge < -0.3 is 9.30 Å². The predicted octanol–water partition coefficient (Wildman–Crippen LogP) is 2.70. The molecule has 3 aromatic rings. The zero-order valence-electron chi connectivity index (χ0n) is 12.7. The van der Waals surface area contributed by atoms with E-state index in [4.69, 9.17) is 0 Å². The van der Waals surface area contributed by atoms with Gasteiger partial charge in [-0.1, -0.05) is 0 Å². The second-order valence-corrected chi connectivity index (χ2v) is 5.27. The summed E-state index contributed by atoms with van der Waals surface area (Å²) < 4.78 is 1.88. The Morgan fingerprint density at radius 2 is 2.05 bits per heavy atom. The molecule has 0 N–H and O–H groups in total. The molecule has 112 valence electrons. The molecule has 5 nitrogen and oxygen atoms in total. The van der Waals surface area contributed by atoms with Crippen molar-refractivity contribution in [2.75, 3.05) is 6.54 Å². The largest absolute Gasteiger partial charge is 0.333 e. The van der Waals surface area contributed by atoms with Crippen LogP contribution in [-0.2, 0) is 6.54 Å². The summed E-state index contributed by atoms with van der Waals surface area (Å²) in [5, 5.41) is 0. The number of hydrogen-bond donors (Lipinski definition) is 0. The zero-order valence-corrected chi connectivity index (χ0v) is 12.7. The van der Waals surface area contributed by atoms with Crippen LogP contribution >= 0.6 is 0 Å². The number of imidazole rings is 1. The molecule has 0 unspecified atom stereocenters. The van der Waals surface area contributed by atoms with Crippen LogP contribution in [0.5, 0.6) is 0 Å². The number of aromatic nitrogens is 3. The third kappa shape index (κ3) is 2.83. The number of carbonyl (C=O) groups is 1. The molecule has 0 atom stereocenters. The summed E-state index contributed by atoms with van der Waals surface area (Å²) >= 11 is 0. The molecule has 3 aromatic heterocycles. The fourth-order valence-corrected chi connectivity index (χ4v) is 2.38. The van der Waals surface area contributed by atoms with E-state index in [1.54, 1.807) is 23.5 Å². The summed E-state index contributed by atoms with van der Waals surface area (Å²) in [7, 11) is 0. The van der Waals surface area contributed by atoms with Crippen LogP contribution in [0.1, 0.15) is 28.5 Å². The fraction of sp³-hybridized carbons (Fsp3) is 0.235. The maximum Gasteiger partial charge on any atom is 0.274 e. The van der Waals surface area contributed by atoms with Gasteiger partial charge in [-0.25, -0.2) is 4.98 Å². The van der Waals surface area contributed by atoms with E-state index in [9.17, 15) is 4.79 Å². The lowest BCUT2D eigenvalue weighted by Crippen LogP contribution is -2.30. The molecule has 0 aliphatic rings. The summed E-state index contributed by atoms with van der Waals surface area (Å²) in [4.78, 5) is 22.9. The normalized spacial score (nSPS) is 10.8. The molecule has 0 saturated carbocycles. The summed E-state index contributed by atoms with van der Waals surface area (Å²) in [5.74, 6) is -0.0549. The van der Waals surface area contributed by atoms with Crippen molar-refractivity contribution in [1.82, 2.24) is 19.3 Å². The molecule has 0 saturated heterocycles. The van der Waals surface area contributed by atoms with Gasteiger partial charge in [0.15, 0.2) is 0 Å². The van der Waals surface area contributed by atoms with E-state index < -0.39 is 0 Å². The zero-order chi connectivity index (χ0) is 15.5. The lowest BCUT2D eigenvalue weighted by Gasteiger charge is -2.19. The van der Waals surface area contributed by atoms with Gasteiger partial charge in [0.25, 0.3) is 5.91 Å². The number of nitrogens with zero attached hydrogens (tertiary/aromatic N) is 4. The summed E-state index contributed by atoms with van der Waals surface area (Å²) in [6.07, 6.45) is 7.18. The molecular weight excluding hydrogens is 276 g/mol. The van der Waals surface area contributed by atoms with Crippen LogP contribution < -0.4 is 0 Å². The van der Waals surface area contributed by atoms with Gasteiger partial charge in [-0.2, -0.15) is 0 Å². The molecule has 22 heavy (non-hydrogen) atoms. The summed E-state index contributed by atoms with van der Waals surface area (Å²) in [5.41, 5.74) is 3.45. The Balaban J connectivity index is 1.86. The molecule has 3 rings (SSSR count). The van der Waals surface area contributed by atoms with E-state index in [-0.39, 0.29) is 5.91 Å². The number of pyridine rings is 2. The summed E-state index contributed by atoms with van der Waals surface area (Å²) in [6.45, 7) is 5.18. The van der Waals surface area contributed by atoms with Gasteiger partial charge in [0, 0.05) is 37.9 Å². The standard InChI is InChI=1S/C17H18N4O/c1-3-20(11-14-4-7-18-8-5-14)17(22)15-12-21-9-6-13(2)10-16(21)19-15/h4-10,12H,3,11H2,1-2H3. The Morgan fingerprint density at radius 3 is 2.77 bits per heavy atom. The molecule has 0 radical (unpaired) electrons. The first-order valence-corrected chi connectivity index (χ1v) is 7.31. The van der Waals surface area contributed by atoms with E-state index in [1.165, 1.54) is 0 Å². The topological polar surface area (TPSA) is 50.5 Å². The van der Waals surface area contributed by atoms with Crippen molar-refractivity contribution in [1.29, 1.82) is 0 Å². The highest BCUT2D eigenvalue weighted by Crippen LogP contribution is 2.12. The minimum atomic E-state index is -0.0549. The highest BCUT2D eigenvalue weighted by Gasteiger charge is 2.17. The first-order valence-electron chi connectivity index (χ1n) is 7.31. The smallest absolute Gasteiger partial charge is 0.274 e. The Kier molecular flexibility index (Phi) is 3.87. The van der Waals surface area contributed by atoms with Gasteiger partial charge in [0.2, 0.25) is 0 Å². The number of hydrogen-bond acceptors (Lipinski definition) is 3. The van der Waals surface area contributed by atoms with E-state index in [0.717, 1.165) is 16.8 Å². The predicted molar refractivity (Wildman–Crippen MR) is 84.6 cm³/mol. The number of fused-ring (bicyclic) bond motifs is 1. The monoisotopic (exact) mass is 294 g/mol. The number of amides is 1. The van der Waals surface area contributed by atoms with E-state index >= 15 is 0 Å². The van der Waals surface area contributed by atoms with Gasteiger partial charge in [0.05, 0.1) is 0 Å². The van der Waals surface area contributed by atoms with Crippen LogP contribution in [-0.4, -0.2) is 31.7 Å². The van der Waals surface area contributed by atoms with Gasteiger partial charge in [0.1, 0.15) is 11.3 Å². The van der Waals surface area contributed by atoms with E-state index in [2.05, 4.69) is 9.97 Å². The Bertz CT molecular complexity index is 795. The maximum atomic E-state index is 12.7. The SMILES string of the molecule is CCN(Cc1ccncc1)C(=O)c1cn2ccc(C)cc2n1. The Labute approximate surface area is 129 Å². The third-order valence-electron chi connectivity index (χ3n) is 3.63. The lowest BCUT2D eigenvalue weighted by molar-refractivity contribution is 0.0747. The first-order chi connectivity index (χ1) is 10.7. The van der Waals surface area contributed by atoms with Crippen molar-refractivity contribution in [2.45, 2.75) is 20.4 Å². The van der Waals surface area contributed by atoms with Crippen LogP contribution in [0, 0.1) is 6.92 Å². The van der Waals surface area contributed by atoms with Gasteiger partial charge in [-0.15, -0.1) is 0 Å². The first kappa shape index (κ1) is 14.3. The van der Waals surface area contributed by atoms with Crippen LogP contribution in [0.25, 0.3) is 5.65 Å².